The molecule has 2 amide bonds. The molecule has 0 saturated carbocycles. The Balaban J connectivity index is 1.66. The van der Waals surface area contributed by atoms with Gasteiger partial charge < -0.3 is 19.5 Å². The Morgan fingerprint density at radius 1 is 1.38 bits per heavy atom. The van der Waals surface area contributed by atoms with Crippen molar-refractivity contribution in [2.45, 2.75) is 39.3 Å². The first kappa shape index (κ1) is 17.0. The fourth-order valence-electron chi connectivity index (χ4n) is 3.35. The molecule has 24 heavy (non-hydrogen) atoms. The first-order valence-corrected chi connectivity index (χ1v) is 8.71. The van der Waals surface area contributed by atoms with Gasteiger partial charge in [0, 0.05) is 31.9 Å². The van der Waals surface area contributed by atoms with Crippen LogP contribution in [0.1, 0.15) is 38.4 Å². The first-order valence-electron chi connectivity index (χ1n) is 8.71. The number of carbonyl (C=O) groups is 2. The number of ether oxygens (including phenoxy) is 1. The predicted molar refractivity (Wildman–Crippen MR) is 88.1 cm³/mol. The van der Waals surface area contributed by atoms with E-state index in [-0.39, 0.29) is 17.7 Å². The van der Waals surface area contributed by atoms with Gasteiger partial charge in [0.25, 0.3) is 0 Å². The van der Waals surface area contributed by atoms with Crippen molar-refractivity contribution in [2.24, 2.45) is 11.8 Å². The molecule has 1 aromatic heterocycles. The van der Waals surface area contributed by atoms with Crippen molar-refractivity contribution >= 4 is 11.8 Å². The highest BCUT2D eigenvalue weighted by molar-refractivity contribution is 5.83. The maximum absolute atomic E-state index is 12.7. The van der Waals surface area contributed by atoms with Crippen LogP contribution in [-0.2, 0) is 20.9 Å². The average molecular weight is 334 g/mol. The van der Waals surface area contributed by atoms with Crippen molar-refractivity contribution in [3.05, 3.63) is 18.2 Å². The lowest BCUT2D eigenvalue weighted by molar-refractivity contribution is -0.138. The molecule has 1 aromatic rings. The molecule has 3 heterocycles. The van der Waals surface area contributed by atoms with Crippen LogP contribution in [0.4, 0.5) is 0 Å². The van der Waals surface area contributed by atoms with Gasteiger partial charge in [-0.15, -0.1) is 0 Å². The van der Waals surface area contributed by atoms with E-state index in [1.807, 2.05) is 18.4 Å². The second-order valence-electron chi connectivity index (χ2n) is 6.98. The lowest BCUT2D eigenvalue weighted by Gasteiger charge is -2.35. The second kappa shape index (κ2) is 7.34. The number of nitrogens with zero attached hydrogens (tertiary/aromatic N) is 3. The highest BCUT2D eigenvalue weighted by Crippen LogP contribution is 2.23. The molecule has 0 aliphatic carbocycles. The van der Waals surface area contributed by atoms with Crippen molar-refractivity contribution in [3.8, 4) is 0 Å². The van der Waals surface area contributed by atoms with Crippen molar-refractivity contribution in [3.63, 3.8) is 0 Å². The standard InChI is InChI=1S/C17H26N4O3/c1-12(2)17(23)20-9-14-8-18-11-21(14)15(10-20)16(22)19-7-13-3-5-24-6-4-13/h8,11-13,15H,3-7,9-10H2,1-2H3,(H,19,22). The zero-order chi connectivity index (χ0) is 17.1. The number of rotatable bonds is 4. The number of imidazole rings is 1. The molecule has 0 spiro atoms. The van der Waals surface area contributed by atoms with E-state index in [1.54, 1.807) is 17.4 Å². The van der Waals surface area contributed by atoms with Crippen LogP contribution in [0.2, 0.25) is 0 Å². The minimum absolute atomic E-state index is 0.0398. The van der Waals surface area contributed by atoms with E-state index in [0.29, 0.717) is 25.6 Å². The van der Waals surface area contributed by atoms with Crippen molar-refractivity contribution < 1.29 is 14.3 Å². The van der Waals surface area contributed by atoms with Gasteiger partial charge in [-0.05, 0) is 18.8 Å². The van der Waals surface area contributed by atoms with Crippen LogP contribution in [-0.4, -0.2) is 52.6 Å². The second-order valence-corrected chi connectivity index (χ2v) is 6.98. The molecular formula is C17H26N4O3. The largest absolute Gasteiger partial charge is 0.381 e. The molecule has 0 aromatic carbocycles. The number of aromatic nitrogens is 2. The minimum atomic E-state index is -0.404. The van der Waals surface area contributed by atoms with Crippen LogP contribution in [0.25, 0.3) is 0 Å². The van der Waals surface area contributed by atoms with E-state index in [9.17, 15) is 9.59 Å². The van der Waals surface area contributed by atoms with E-state index in [0.717, 1.165) is 31.7 Å². The molecular weight excluding hydrogens is 308 g/mol. The third-order valence-electron chi connectivity index (χ3n) is 4.84. The van der Waals surface area contributed by atoms with Crippen molar-refractivity contribution in [2.75, 3.05) is 26.3 Å². The third-order valence-corrected chi connectivity index (χ3v) is 4.84. The monoisotopic (exact) mass is 334 g/mol. The molecule has 1 fully saturated rings. The Hall–Kier alpha value is -1.89. The number of carbonyl (C=O) groups excluding carboxylic acids is 2. The highest BCUT2D eigenvalue weighted by Gasteiger charge is 2.33. The lowest BCUT2D eigenvalue weighted by atomic mass is 10.0. The summed E-state index contributed by atoms with van der Waals surface area (Å²) in [5.41, 5.74) is 0.904. The summed E-state index contributed by atoms with van der Waals surface area (Å²) in [6, 6.07) is -0.404. The molecule has 1 N–H and O–H groups in total. The third kappa shape index (κ3) is 3.61. The minimum Gasteiger partial charge on any atom is -0.381 e. The maximum atomic E-state index is 12.7. The zero-order valence-electron chi connectivity index (χ0n) is 14.4. The fraction of sp³-hybridized carbons (Fsp3) is 0.706. The average Bonchev–Trinajstić information content (AvgIpc) is 3.07. The van der Waals surface area contributed by atoms with Gasteiger partial charge in [0.2, 0.25) is 11.8 Å². The number of hydrogen-bond acceptors (Lipinski definition) is 4. The van der Waals surface area contributed by atoms with Gasteiger partial charge in [-0.25, -0.2) is 4.98 Å². The summed E-state index contributed by atoms with van der Waals surface area (Å²) in [6.45, 7) is 6.89. The Bertz CT molecular complexity index is 592. The van der Waals surface area contributed by atoms with Gasteiger partial charge in [0.1, 0.15) is 6.04 Å². The molecule has 2 aliphatic heterocycles. The molecule has 1 atom stereocenters. The van der Waals surface area contributed by atoms with Crippen LogP contribution < -0.4 is 5.32 Å². The summed E-state index contributed by atoms with van der Waals surface area (Å²) < 4.78 is 7.24. The van der Waals surface area contributed by atoms with Crippen LogP contribution in [0, 0.1) is 11.8 Å². The van der Waals surface area contributed by atoms with Gasteiger partial charge in [0.15, 0.2) is 0 Å². The Labute approximate surface area is 142 Å². The van der Waals surface area contributed by atoms with Gasteiger partial charge in [0.05, 0.1) is 25.1 Å². The van der Waals surface area contributed by atoms with Crippen molar-refractivity contribution in [1.29, 1.82) is 0 Å². The van der Waals surface area contributed by atoms with Crippen molar-refractivity contribution in [1.82, 2.24) is 19.8 Å². The molecule has 0 radical (unpaired) electrons. The molecule has 7 nitrogen and oxygen atoms in total. The number of amides is 2. The molecule has 3 rings (SSSR count). The number of nitrogens with one attached hydrogen (secondary N) is 1. The fourth-order valence-corrected chi connectivity index (χ4v) is 3.35. The van der Waals surface area contributed by atoms with Gasteiger partial charge in [-0.1, -0.05) is 13.8 Å². The van der Waals surface area contributed by atoms with Gasteiger partial charge in [-0.3, -0.25) is 9.59 Å². The normalized spacial score (nSPS) is 21.6. The van der Waals surface area contributed by atoms with E-state index in [2.05, 4.69) is 10.3 Å². The van der Waals surface area contributed by atoms with Crippen LogP contribution >= 0.6 is 0 Å². The Kier molecular flexibility index (Phi) is 5.18. The highest BCUT2D eigenvalue weighted by atomic mass is 16.5. The van der Waals surface area contributed by atoms with Gasteiger partial charge >= 0.3 is 0 Å². The van der Waals surface area contributed by atoms with Crippen LogP contribution in [0.3, 0.4) is 0 Å². The first-order chi connectivity index (χ1) is 11.6. The smallest absolute Gasteiger partial charge is 0.244 e. The molecule has 7 heteroatoms. The zero-order valence-corrected chi connectivity index (χ0v) is 14.4. The summed E-state index contributed by atoms with van der Waals surface area (Å²) in [5.74, 6) is 0.430. The Morgan fingerprint density at radius 2 is 2.12 bits per heavy atom. The van der Waals surface area contributed by atoms with Crippen LogP contribution in [0.5, 0.6) is 0 Å². The molecule has 1 unspecified atom stereocenters. The Morgan fingerprint density at radius 3 is 2.83 bits per heavy atom. The molecule has 1 saturated heterocycles. The number of hydrogen-bond donors (Lipinski definition) is 1. The maximum Gasteiger partial charge on any atom is 0.244 e. The predicted octanol–water partition coefficient (Wildman–Crippen LogP) is 0.965. The molecule has 2 aliphatic rings. The summed E-state index contributed by atoms with van der Waals surface area (Å²) >= 11 is 0. The SMILES string of the molecule is CC(C)C(=O)N1Cc2cncn2C(C(=O)NCC2CCOCC2)C1. The van der Waals surface area contributed by atoms with E-state index >= 15 is 0 Å². The summed E-state index contributed by atoms with van der Waals surface area (Å²) in [4.78, 5) is 31.0. The summed E-state index contributed by atoms with van der Waals surface area (Å²) in [7, 11) is 0. The molecule has 0 bridgehead atoms. The van der Waals surface area contributed by atoms with Crippen LogP contribution in [0.15, 0.2) is 12.5 Å². The topological polar surface area (TPSA) is 76.5 Å². The van der Waals surface area contributed by atoms with E-state index < -0.39 is 6.04 Å². The summed E-state index contributed by atoms with van der Waals surface area (Å²) in [5, 5.41) is 3.06. The molecule has 132 valence electrons. The van der Waals surface area contributed by atoms with Gasteiger partial charge in [-0.2, -0.15) is 0 Å². The summed E-state index contributed by atoms with van der Waals surface area (Å²) in [6.07, 6.45) is 5.39. The number of fused-ring (bicyclic) bond motifs is 1. The lowest BCUT2D eigenvalue weighted by Crippen LogP contribution is -2.48. The quantitative estimate of drug-likeness (QED) is 0.890. The van der Waals surface area contributed by atoms with E-state index in [1.165, 1.54) is 0 Å². The van der Waals surface area contributed by atoms with E-state index in [4.69, 9.17) is 4.74 Å².